The van der Waals surface area contributed by atoms with E-state index in [1.165, 1.54) is 4.90 Å². The first-order chi connectivity index (χ1) is 8.27. The third-order valence-corrected chi connectivity index (χ3v) is 2.74. The van der Waals surface area contributed by atoms with E-state index in [9.17, 15) is 9.59 Å². The van der Waals surface area contributed by atoms with Crippen LogP contribution in [-0.4, -0.2) is 26.7 Å². The molecule has 0 saturated heterocycles. The van der Waals surface area contributed by atoms with Gasteiger partial charge in [-0.05, 0) is 12.1 Å². The molecule has 0 fully saturated rings. The van der Waals surface area contributed by atoms with Crippen molar-refractivity contribution in [3.63, 3.8) is 0 Å². The van der Waals surface area contributed by atoms with Gasteiger partial charge >= 0.3 is 0 Å². The highest BCUT2D eigenvalue weighted by molar-refractivity contribution is 6.21. The third-order valence-electron chi connectivity index (χ3n) is 2.74. The Kier molecular flexibility index (Phi) is 2.04. The molecule has 1 aromatic carbocycles. The number of fused-ring (bicyclic) bond motifs is 1. The van der Waals surface area contributed by atoms with E-state index in [0.29, 0.717) is 17.0 Å². The third kappa shape index (κ3) is 1.44. The molecule has 0 saturated carbocycles. The summed E-state index contributed by atoms with van der Waals surface area (Å²) in [7, 11) is 0. The first kappa shape index (κ1) is 9.77. The first-order valence-electron chi connectivity index (χ1n) is 5.21. The molecule has 5 heteroatoms. The monoisotopic (exact) mass is 227 g/mol. The number of imidazole rings is 1. The van der Waals surface area contributed by atoms with Gasteiger partial charge in [-0.25, -0.2) is 4.98 Å². The highest BCUT2D eigenvalue weighted by Gasteiger charge is 2.35. The molecule has 2 heterocycles. The zero-order chi connectivity index (χ0) is 11.8. The minimum atomic E-state index is -0.262. The number of rotatable bonds is 2. The number of hydrogen-bond donors (Lipinski definition) is 1. The van der Waals surface area contributed by atoms with Gasteiger partial charge in [-0.3, -0.25) is 14.5 Å². The fourth-order valence-corrected chi connectivity index (χ4v) is 1.92. The Morgan fingerprint density at radius 1 is 1.12 bits per heavy atom. The smallest absolute Gasteiger partial charge is 0.261 e. The quantitative estimate of drug-likeness (QED) is 0.784. The number of imide groups is 1. The predicted octanol–water partition coefficient (Wildman–Crippen LogP) is 1.21. The van der Waals surface area contributed by atoms with Crippen molar-refractivity contribution in [3.05, 3.63) is 53.6 Å². The van der Waals surface area contributed by atoms with E-state index in [4.69, 9.17) is 0 Å². The topological polar surface area (TPSA) is 66.1 Å². The number of hydrogen-bond acceptors (Lipinski definition) is 3. The van der Waals surface area contributed by atoms with Gasteiger partial charge in [0.1, 0.15) is 5.82 Å². The molecule has 1 aliphatic rings. The largest absolute Gasteiger partial charge is 0.347 e. The lowest BCUT2D eigenvalue weighted by Crippen LogP contribution is -2.29. The molecule has 1 aromatic heterocycles. The average molecular weight is 227 g/mol. The number of amides is 2. The predicted molar refractivity (Wildman–Crippen MR) is 59.2 cm³/mol. The molecule has 1 N–H and O–H groups in total. The standard InChI is InChI=1S/C12H9N3O2/c16-11-8-3-1-2-4-9(8)12(17)15(11)7-10-13-5-6-14-10/h1-6H,7H2,(H,13,14). The van der Waals surface area contributed by atoms with Crippen LogP contribution in [0.2, 0.25) is 0 Å². The van der Waals surface area contributed by atoms with Gasteiger partial charge in [0.05, 0.1) is 17.7 Å². The van der Waals surface area contributed by atoms with Crippen LogP contribution in [0.1, 0.15) is 26.5 Å². The molecule has 5 nitrogen and oxygen atoms in total. The van der Waals surface area contributed by atoms with Gasteiger partial charge in [0, 0.05) is 12.4 Å². The Balaban J connectivity index is 1.95. The maximum absolute atomic E-state index is 12.0. The van der Waals surface area contributed by atoms with Crippen LogP contribution in [-0.2, 0) is 6.54 Å². The molecule has 3 rings (SSSR count). The Morgan fingerprint density at radius 2 is 1.76 bits per heavy atom. The van der Waals surface area contributed by atoms with Crippen LogP contribution in [0.4, 0.5) is 0 Å². The van der Waals surface area contributed by atoms with Gasteiger partial charge in [-0.2, -0.15) is 0 Å². The fourth-order valence-electron chi connectivity index (χ4n) is 1.92. The second-order valence-electron chi connectivity index (χ2n) is 3.78. The normalized spacial score (nSPS) is 14.2. The highest BCUT2D eigenvalue weighted by Crippen LogP contribution is 2.23. The van der Waals surface area contributed by atoms with E-state index < -0.39 is 0 Å². The van der Waals surface area contributed by atoms with E-state index in [1.807, 2.05) is 0 Å². The molecular weight excluding hydrogens is 218 g/mol. The number of H-pyrrole nitrogens is 1. The van der Waals surface area contributed by atoms with Gasteiger partial charge in [0.15, 0.2) is 0 Å². The lowest BCUT2D eigenvalue weighted by atomic mass is 10.1. The zero-order valence-corrected chi connectivity index (χ0v) is 8.88. The molecule has 0 unspecified atom stereocenters. The van der Waals surface area contributed by atoms with Crippen LogP contribution in [0.25, 0.3) is 0 Å². The van der Waals surface area contributed by atoms with Crippen molar-refractivity contribution in [3.8, 4) is 0 Å². The highest BCUT2D eigenvalue weighted by atomic mass is 16.2. The van der Waals surface area contributed by atoms with Crippen LogP contribution >= 0.6 is 0 Å². The van der Waals surface area contributed by atoms with Crippen LogP contribution < -0.4 is 0 Å². The van der Waals surface area contributed by atoms with Gasteiger partial charge in [0.25, 0.3) is 11.8 Å². The molecule has 1 aliphatic heterocycles. The van der Waals surface area contributed by atoms with Crippen molar-refractivity contribution in [2.45, 2.75) is 6.54 Å². The lowest BCUT2D eigenvalue weighted by molar-refractivity contribution is 0.0638. The lowest BCUT2D eigenvalue weighted by Gasteiger charge is -2.11. The van der Waals surface area contributed by atoms with E-state index in [2.05, 4.69) is 9.97 Å². The van der Waals surface area contributed by atoms with Gasteiger partial charge in [-0.15, -0.1) is 0 Å². The van der Waals surface area contributed by atoms with Gasteiger partial charge in [0.2, 0.25) is 0 Å². The van der Waals surface area contributed by atoms with E-state index in [0.717, 1.165) is 0 Å². The van der Waals surface area contributed by atoms with Crippen LogP contribution in [0.3, 0.4) is 0 Å². The first-order valence-corrected chi connectivity index (χ1v) is 5.21. The van der Waals surface area contributed by atoms with Crippen LogP contribution in [0.15, 0.2) is 36.7 Å². The summed E-state index contributed by atoms with van der Waals surface area (Å²) in [6.07, 6.45) is 3.25. The van der Waals surface area contributed by atoms with Crippen molar-refractivity contribution >= 4 is 11.8 Å². The minimum Gasteiger partial charge on any atom is -0.347 e. The molecule has 0 aliphatic carbocycles. The van der Waals surface area contributed by atoms with E-state index in [1.54, 1.807) is 36.7 Å². The van der Waals surface area contributed by atoms with Gasteiger partial charge < -0.3 is 4.98 Å². The second-order valence-corrected chi connectivity index (χ2v) is 3.78. The number of nitrogens with zero attached hydrogens (tertiary/aromatic N) is 2. The Bertz CT molecular complexity index is 555. The number of benzene rings is 1. The number of aromatic amines is 1. The van der Waals surface area contributed by atoms with Crippen molar-refractivity contribution in [2.24, 2.45) is 0 Å². The molecule has 0 bridgehead atoms. The summed E-state index contributed by atoms with van der Waals surface area (Å²) < 4.78 is 0. The molecule has 2 aromatic rings. The number of aromatic nitrogens is 2. The summed E-state index contributed by atoms with van der Waals surface area (Å²) in [6.45, 7) is 0.180. The molecule has 0 radical (unpaired) electrons. The minimum absolute atomic E-state index is 0.180. The van der Waals surface area contributed by atoms with Crippen LogP contribution in [0.5, 0.6) is 0 Å². The molecule has 0 atom stereocenters. The Hall–Kier alpha value is -2.43. The molecule has 0 spiro atoms. The van der Waals surface area contributed by atoms with Gasteiger partial charge in [-0.1, -0.05) is 12.1 Å². The maximum atomic E-state index is 12.0. The fraction of sp³-hybridized carbons (Fsp3) is 0.0833. The molecule has 17 heavy (non-hydrogen) atoms. The summed E-state index contributed by atoms with van der Waals surface area (Å²) in [5.74, 6) is 0.0727. The van der Waals surface area contributed by atoms with E-state index in [-0.39, 0.29) is 18.4 Å². The summed E-state index contributed by atoms with van der Waals surface area (Å²) in [5.41, 5.74) is 0.924. The summed E-state index contributed by atoms with van der Waals surface area (Å²) in [6, 6.07) is 6.83. The SMILES string of the molecule is O=C1c2ccccc2C(=O)N1Cc1ncc[nH]1. The Morgan fingerprint density at radius 3 is 2.29 bits per heavy atom. The second kappa shape index (κ2) is 3.55. The maximum Gasteiger partial charge on any atom is 0.261 e. The number of nitrogens with one attached hydrogen (secondary N) is 1. The Labute approximate surface area is 97.1 Å². The summed E-state index contributed by atoms with van der Waals surface area (Å²) in [4.78, 5) is 32.1. The average Bonchev–Trinajstić information content (AvgIpc) is 2.94. The number of carbonyl (C=O) groups excluding carboxylic acids is 2. The zero-order valence-electron chi connectivity index (χ0n) is 8.88. The summed E-state index contributed by atoms with van der Waals surface area (Å²) in [5, 5.41) is 0. The van der Waals surface area contributed by atoms with Crippen molar-refractivity contribution < 1.29 is 9.59 Å². The number of carbonyl (C=O) groups is 2. The van der Waals surface area contributed by atoms with E-state index >= 15 is 0 Å². The van der Waals surface area contributed by atoms with Crippen molar-refractivity contribution in [1.82, 2.24) is 14.9 Å². The molecule has 2 amide bonds. The summed E-state index contributed by atoms with van der Waals surface area (Å²) >= 11 is 0. The van der Waals surface area contributed by atoms with Crippen LogP contribution in [0, 0.1) is 0 Å². The van der Waals surface area contributed by atoms with Crippen molar-refractivity contribution in [1.29, 1.82) is 0 Å². The van der Waals surface area contributed by atoms with Crippen molar-refractivity contribution in [2.75, 3.05) is 0 Å². The molecular formula is C12H9N3O2. The molecule has 84 valence electrons.